The van der Waals surface area contributed by atoms with E-state index in [1.165, 1.54) is 12.1 Å². The summed E-state index contributed by atoms with van der Waals surface area (Å²) < 4.78 is 20.5. The highest BCUT2D eigenvalue weighted by Gasteiger charge is 2.26. The van der Waals surface area contributed by atoms with Gasteiger partial charge >= 0.3 is 6.09 Å². The maximum Gasteiger partial charge on any atom is 0.407 e. The maximum absolute atomic E-state index is 13.6. The van der Waals surface area contributed by atoms with Crippen molar-refractivity contribution in [2.75, 3.05) is 0 Å². The molecule has 1 aliphatic carbocycles. The average molecular weight is 361 g/mol. The van der Waals surface area contributed by atoms with Gasteiger partial charge in [0.15, 0.2) is 0 Å². The van der Waals surface area contributed by atoms with Crippen molar-refractivity contribution in [1.82, 2.24) is 14.9 Å². The second-order valence-corrected chi connectivity index (χ2v) is 7.75. The van der Waals surface area contributed by atoms with E-state index in [1.807, 2.05) is 20.8 Å². The summed E-state index contributed by atoms with van der Waals surface area (Å²) in [6.07, 6.45) is 3.63. The molecule has 1 saturated carbocycles. The summed E-state index contributed by atoms with van der Waals surface area (Å²) >= 11 is 0. The van der Waals surface area contributed by atoms with E-state index in [-0.39, 0.29) is 17.6 Å². The zero-order chi connectivity index (χ0) is 18.9. The van der Waals surface area contributed by atoms with Gasteiger partial charge in [-0.3, -0.25) is 9.78 Å². The molecule has 6 nitrogen and oxygen atoms in total. The second kappa shape index (κ2) is 7.05. The van der Waals surface area contributed by atoms with Gasteiger partial charge < -0.3 is 14.6 Å². The van der Waals surface area contributed by atoms with Crippen molar-refractivity contribution in [2.24, 2.45) is 0 Å². The summed E-state index contributed by atoms with van der Waals surface area (Å²) in [6, 6.07) is 4.42. The zero-order valence-corrected chi connectivity index (χ0v) is 15.3. The Hall–Kier alpha value is -2.44. The first kappa shape index (κ1) is 18.4. The third-order valence-corrected chi connectivity index (χ3v) is 4.53. The topological polar surface area (TPSA) is 73.2 Å². The highest BCUT2D eigenvalue weighted by atomic mass is 19.1. The number of halogens is 1. The predicted molar refractivity (Wildman–Crippen MR) is 96.6 cm³/mol. The third kappa shape index (κ3) is 4.20. The molecule has 140 valence electrons. The van der Waals surface area contributed by atoms with Gasteiger partial charge in [-0.1, -0.05) is 0 Å². The first-order valence-corrected chi connectivity index (χ1v) is 8.89. The molecule has 1 aliphatic rings. The van der Waals surface area contributed by atoms with Gasteiger partial charge in [-0.05, 0) is 52.5 Å². The molecular weight excluding hydrogens is 337 g/mol. The van der Waals surface area contributed by atoms with Crippen molar-refractivity contribution in [1.29, 1.82) is 0 Å². The van der Waals surface area contributed by atoms with Crippen molar-refractivity contribution in [2.45, 2.75) is 64.1 Å². The van der Waals surface area contributed by atoms with E-state index in [4.69, 9.17) is 4.74 Å². The molecule has 0 spiro atoms. The van der Waals surface area contributed by atoms with E-state index in [1.54, 1.807) is 10.6 Å². The van der Waals surface area contributed by atoms with Gasteiger partial charge in [-0.15, -0.1) is 0 Å². The SMILES string of the molecule is CC(C)(C)OC(=O)N[C@H]1CC[C@H](n2c(=O)ccc3ncc(F)cc32)CC1. The van der Waals surface area contributed by atoms with Crippen molar-refractivity contribution >= 4 is 17.1 Å². The lowest BCUT2D eigenvalue weighted by Crippen LogP contribution is -2.41. The first-order valence-electron chi connectivity index (χ1n) is 8.89. The van der Waals surface area contributed by atoms with E-state index in [0.29, 0.717) is 11.0 Å². The lowest BCUT2D eigenvalue weighted by Gasteiger charge is -2.31. The number of amides is 1. The van der Waals surface area contributed by atoms with Gasteiger partial charge in [-0.2, -0.15) is 0 Å². The summed E-state index contributed by atoms with van der Waals surface area (Å²) in [5, 5.41) is 2.89. The molecule has 0 aromatic carbocycles. The molecule has 0 saturated heterocycles. The smallest absolute Gasteiger partial charge is 0.407 e. The van der Waals surface area contributed by atoms with Gasteiger partial charge in [0.2, 0.25) is 0 Å². The summed E-state index contributed by atoms with van der Waals surface area (Å²) in [6.45, 7) is 5.47. The van der Waals surface area contributed by atoms with Gasteiger partial charge in [0.25, 0.3) is 5.56 Å². The summed E-state index contributed by atoms with van der Waals surface area (Å²) in [5.74, 6) is -0.461. The van der Waals surface area contributed by atoms with Crippen LogP contribution in [0.2, 0.25) is 0 Å². The summed E-state index contributed by atoms with van der Waals surface area (Å²) in [7, 11) is 0. The van der Waals surface area contributed by atoms with E-state index < -0.39 is 17.5 Å². The molecule has 1 amide bonds. The molecule has 2 aromatic heterocycles. The quantitative estimate of drug-likeness (QED) is 0.888. The van der Waals surface area contributed by atoms with Crippen LogP contribution in [0.15, 0.2) is 29.2 Å². The average Bonchev–Trinajstić information content (AvgIpc) is 2.54. The van der Waals surface area contributed by atoms with Gasteiger partial charge in [0.1, 0.15) is 11.4 Å². The monoisotopic (exact) mass is 361 g/mol. The van der Waals surface area contributed by atoms with Crippen LogP contribution in [-0.2, 0) is 4.74 Å². The molecule has 3 rings (SSSR count). The van der Waals surface area contributed by atoms with E-state index in [2.05, 4.69) is 10.3 Å². The Morgan fingerprint density at radius 1 is 1.27 bits per heavy atom. The Morgan fingerprint density at radius 3 is 2.62 bits per heavy atom. The molecule has 1 fully saturated rings. The van der Waals surface area contributed by atoms with Crippen molar-refractivity contribution in [3.8, 4) is 0 Å². The number of nitrogens with zero attached hydrogens (tertiary/aromatic N) is 2. The Balaban J connectivity index is 1.72. The minimum absolute atomic E-state index is 0.0154. The number of carbonyl (C=O) groups excluding carboxylic acids is 1. The fourth-order valence-corrected chi connectivity index (χ4v) is 3.44. The Bertz CT molecular complexity index is 864. The molecule has 2 aromatic rings. The van der Waals surface area contributed by atoms with E-state index >= 15 is 0 Å². The minimum Gasteiger partial charge on any atom is -0.444 e. The molecule has 0 radical (unpaired) electrons. The fraction of sp³-hybridized carbons (Fsp3) is 0.526. The van der Waals surface area contributed by atoms with Crippen LogP contribution in [0, 0.1) is 5.82 Å². The Kier molecular flexibility index (Phi) is 4.98. The molecule has 7 heteroatoms. The van der Waals surface area contributed by atoms with Crippen molar-refractivity contribution in [3.63, 3.8) is 0 Å². The molecule has 2 heterocycles. The van der Waals surface area contributed by atoms with Crippen LogP contribution in [0.5, 0.6) is 0 Å². The normalized spacial score (nSPS) is 20.8. The number of hydrogen-bond acceptors (Lipinski definition) is 4. The van der Waals surface area contributed by atoms with Gasteiger partial charge in [0.05, 0.1) is 17.2 Å². The lowest BCUT2D eigenvalue weighted by atomic mass is 9.90. The third-order valence-electron chi connectivity index (χ3n) is 4.53. The van der Waals surface area contributed by atoms with Crippen LogP contribution in [0.4, 0.5) is 9.18 Å². The molecule has 0 bridgehead atoms. The number of rotatable bonds is 2. The van der Waals surface area contributed by atoms with Crippen LogP contribution in [0.3, 0.4) is 0 Å². The number of pyridine rings is 2. The van der Waals surface area contributed by atoms with Crippen LogP contribution in [0.1, 0.15) is 52.5 Å². The highest BCUT2D eigenvalue weighted by Crippen LogP contribution is 2.30. The number of ether oxygens (including phenoxy) is 1. The van der Waals surface area contributed by atoms with Gasteiger partial charge in [-0.25, -0.2) is 9.18 Å². The number of aromatic nitrogens is 2. The number of nitrogens with one attached hydrogen (secondary N) is 1. The molecule has 26 heavy (non-hydrogen) atoms. The second-order valence-electron chi connectivity index (χ2n) is 7.75. The van der Waals surface area contributed by atoms with Crippen LogP contribution >= 0.6 is 0 Å². The van der Waals surface area contributed by atoms with Crippen LogP contribution < -0.4 is 10.9 Å². The van der Waals surface area contributed by atoms with Crippen LogP contribution in [0.25, 0.3) is 11.0 Å². The number of hydrogen-bond donors (Lipinski definition) is 1. The molecular formula is C19H24FN3O3. The molecule has 0 atom stereocenters. The minimum atomic E-state index is -0.533. The Labute approximate surface area is 151 Å². The molecule has 0 aliphatic heterocycles. The molecule has 1 N–H and O–H groups in total. The van der Waals surface area contributed by atoms with Gasteiger partial charge in [0, 0.05) is 24.2 Å². The van der Waals surface area contributed by atoms with Crippen molar-refractivity contribution in [3.05, 3.63) is 40.6 Å². The number of carbonyl (C=O) groups is 1. The highest BCUT2D eigenvalue weighted by molar-refractivity contribution is 5.74. The lowest BCUT2D eigenvalue weighted by molar-refractivity contribution is 0.0488. The van der Waals surface area contributed by atoms with E-state index in [9.17, 15) is 14.0 Å². The van der Waals surface area contributed by atoms with Crippen molar-refractivity contribution < 1.29 is 13.9 Å². The zero-order valence-electron chi connectivity index (χ0n) is 15.3. The Morgan fingerprint density at radius 2 is 1.96 bits per heavy atom. The number of alkyl carbamates (subject to hydrolysis) is 1. The maximum atomic E-state index is 13.6. The first-order chi connectivity index (χ1) is 12.2. The fourth-order valence-electron chi connectivity index (χ4n) is 3.44. The standard InChI is InChI=1S/C19H24FN3O3/c1-19(2,3)26-18(25)22-13-4-6-14(7-5-13)23-16-10-12(20)11-21-15(16)8-9-17(23)24/h8-11,13-14H,4-7H2,1-3H3,(H,22,25)/t13-,14-. The summed E-state index contributed by atoms with van der Waals surface area (Å²) in [4.78, 5) is 28.3. The molecule has 0 unspecified atom stereocenters. The number of fused-ring (bicyclic) bond motifs is 1. The predicted octanol–water partition coefficient (Wildman–Crippen LogP) is 3.54. The summed E-state index contributed by atoms with van der Waals surface area (Å²) in [5.41, 5.74) is 0.420. The largest absolute Gasteiger partial charge is 0.444 e. The van der Waals surface area contributed by atoms with Crippen LogP contribution in [-0.4, -0.2) is 27.3 Å². The van der Waals surface area contributed by atoms with E-state index in [0.717, 1.165) is 31.9 Å².